The number of rotatable bonds is 4. The van der Waals surface area contributed by atoms with E-state index in [0.29, 0.717) is 38.3 Å². The third-order valence-electron chi connectivity index (χ3n) is 4.78. The molecule has 2 aromatic rings. The minimum Gasteiger partial charge on any atom is -0.465 e. The van der Waals surface area contributed by atoms with Gasteiger partial charge in [0.05, 0.1) is 18.4 Å². The SMILES string of the molecule is COC(=O)c1ccccc1N1CCN(C(=O)NCc2ccc(C)cc2)CC1. The second kappa shape index (κ2) is 8.58. The van der Waals surface area contributed by atoms with Gasteiger partial charge in [0.2, 0.25) is 0 Å². The van der Waals surface area contributed by atoms with Gasteiger partial charge in [0.1, 0.15) is 0 Å². The number of nitrogens with one attached hydrogen (secondary N) is 1. The van der Waals surface area contributed by atoms with E-state index >= 15 is 0 Å². The Morgan fingerprint density at radius 2 is 1.67 bits per heavy atom. The van der Waals surface area contributed by atoms with Gasteiger partial charge in [-0.2, -0.15) is 0 Å². The number of piperazine rings is 1. The van der Waals surface area contributed by atoms with Crippen molar-refractivity contribution in [1.82, 2.24) is 10.2 Å². The van der Waals surface area contributed by atoms with Gasteiger partial charge in [-0.1, -0.05) is 42.0 Å². The molecule has 3 rings (SSSR count). The van der Waals surface area contributed by atoms with E-state index in [1.54, 1.807) is 6.07 Å². The van der Waals surface area contributed by atoms with Gasteiger partial charge in [-0.15, -0.1) is 0 Å². The fourth-order valence-electron chi connectivity index (χ4n) is 3.18. The molecule has 0 atom stereocenters. The number of benzene rings is 2. The van der Waals surface area contributed by atoms with Crippen molar-refractivity contribution in [3.8, 4) is 0 Å². The van der Waals surface area contributed by atoms with Crippen LogP contribution in [-0.4, -0.2) is 50.2 Å². The highest BCUT2D eigenvalue weighted by Crippen LogP contribution is 2.22. The van der Waals surface area contributed by atoms with Crippen LogP contribution < -0.4 is 10.2 Å². The fraction of sp³-hybridized carbons (Fsp3) is 0.333. The Morgan fingerprint density at radius 1 is 1.00 bits per heavy atom. The van der Waals surface area contributed by atoms with Crippen LogP contribution in [0.2, 0.25) is 0 Å². The Kier molecular flexibility index (Phi) is 5.96. The molecule has 142 valence electrons. The molecule has 0 bridgehead atoms. The third kappa shape index (κ3) is 4.58. The van der Waals surface area contributed by atoms with Crippen LogP contribution in [0.3, 0.4) is 0 Å². The summed E-state index contributed by atoms with van der Waals surface area (Å²) in [5.74, 6) is -0.344. The molecule has 27 heavy (non-hydrogen) atoms. The number of carbonyl (C=O) groups excluding carboxylic acids is 2. The standard InChI is InChI=1S/C21H25N3O3/c1-16-7-9-17(10-8-16)15-22-21(26)24-13-11-23(12-14-24)19-6-4-3-5-18(19)20(25)27-2/h3-10H,11-15H2,1-2H3,(H,22,26). The van der Waals surface area contributed by atoms with E-state index in [2.05, 4.69) is 10.2 Å². The molecule has 6 heteroatoms. The van der Waals surface area contributed by atoms with Gasteiger partial charge in [-0.05, 0) is 24.6 Å². The molecular formula is C21H25N3O3. The third-order valence-corrected chi connectivity index (χ3v) is 4.78. The number of hydrogen-bond acceptors (Lipinski definition) is 4. The smallest absolute Gasteiger partial charge is 0.339 e. The van der Waals surface area contributed by atoms with Crippen molar-refractivity contribution in [3.63, 3.8) is 0 Å². The van der Waals surface area contributed by atoms with Crippen molar-refractivity contribution in [2.45, 2.75) is 13.5 Å². The predicted octanol–water partition coefficient (Wildman–Crippen LogP) is 2.81. The van der Waals surface area contributed by atoms with Crippen molar-refractivity contribution < 1.29 is 14.3 Å². The summed E-state index contributed by atoms with van der Waals surface area (Å²) in [4.78, 5) is 28.3. The summed E-state index contributed by atoms with van der Waals surface area (Å²) in [6.07, 6.45) is 0. The molecule has 0 aliphatic carbocycles. The number of ether oxygens (including phenoxy) is 1. The first-order valence-corrected chi connectivity index (χ1v) is 9.09. The van der Waals surface area contributed by atoms with Gasteiger partial charge >= 0.3 is 12.0 Å². The molecule has 0 unspecified atom stereocenters. The van der Waals surface area contributed by atoms with Crippen LogP contribution in [0.15, 0.2) is 48.5 Å². The molecule has 1 saturated heterocycles. The summed E-state index contributed by atoms with van der Waals surface area (Å²) in [6, 6.07) is 15.5. The first-order valence-electron chi connectivity index (χ1n) is 9.09. The number of nitrogens with zero attached hydrogens (tertiary/aromatic N) is 2. The normalized spacial score (nSPS) is 14.0. The first kappa shape index (κ1) is 18.8. The van der Waals surface area contributed by atoms with Gasteiger partial charge in [-0.3, -0.25) is 0 Å². The highest BCUT2D eigenvalue weighted by molar-refractivity contribution is 5.95. The van der Waals surface area contributed by atoms with Crippen LogP contribution in [-0.2, 0) is 11.3 Å². The summed E-state index contributed by atoms with van der Waals surface area (Å²) >= 11 is 0. The predicted molar refractivity (Wildman–Crippen MR) is 105 cm³/mol. The average molecular weight is 367 g/mol. The van der Waals surface area contributed by atoms with Crippen LogP contribution in [0.1, 0.15) is 21.5 Å². The fourth-order valence-corrected chi connectivity index (χ4v) is 3.18. The second-order valence-corrected chi connectivity index (χ2v) is 6.63. The molecular weight excluding hydrogens is 342 g/mol. The van der Waals surface area contributed by atoms with Crippen molar-refractivity contribution in [1.29, 1.82) is 0 Å². The monoisotopic (exact) mass is 367 g/mol. The molecule has 0 radical (unpaired) electrons. The molecule has 0 spiro atoms. The number of anilines is 1. The zero-order valence-electron chi connectivity index (χ0n) is 15.8. The summed E-state index contributed by atoms with van der Waals surface area (Å²) in [5.41, 5.74) is 3.69. The minimum atomic E-state index is -0.344. The number of aryl methyl sites for hydroxylation is 1. The Morgan fingerprint density at radius 3 is 2.33 bits per heavy atom. The number of para-hydroxylation sites is 1. The van der Waals surface area contributed by atoms with Gasteiger partial charge in [0, 0.05) is 32.7 Å². The summed E-state index contributed by atoms with van der Waals surface area (Å²) < 4.78 is 4.87. The number of amides is 2. The van der Waals surface area contributed by atoms with Crippen LogP contribution >= 0.6 is 0 Å². The summed E-state index contributed by atoms with van der Waals surface area (Å²) in [6.45, 7) is 5.12. The van der Waals surface area contributed by atoms with E-state index in [4.69, 9.17) is 4.74 Å². The number of methoxy groups -OCH3 is 1. The minimum absolute atomic E-state index is 0.0588. The summed E-state index contributed by atoms with van der Waals surface area (Å²) in [5, 5.41) is 2.98. The Bertz CT molecular complexity index is 797. The van der Waals surface area contributed by atoms with Gasteiger partial charge in [0.15, 0.2) is 0 Å². The Balaban J connectivity index is 1.55. The number of urea groups is 1. The lowest BCUT2D eigenvalue weighted by molar-refractivity contribution is 0.0601. The van der Waals surface area contributed by atoms with E-state index in [1.807, 2.05) is 54.3 Å². The van der Waals surface area contributed by atoms with Crippen LogP contribution in [0.4, 0.5) is 10.5 Å². The maximum absolute atomic E-state index is 12.4. The number of carbonyl (C=O) groups is 2. The quantitative estimate of drug-likeness (QED) is 0.844. The van der Waals surface area contributed by atoms with Crippen molar-refractivity contribution in [2.24, 2.45) is 0 Å². The molecule has 1 fully saturated rings. The van der Waals surface area contributed by atoms with Gasteiger partial charge in [0.25, 0.3) is 0 Å². The zero-order chi connectivity index (χ0) is 19.2. The molecule has 2 aromatic carbocycles. The molecule has 2 amide bonds. The lowest BCUT2D eigenvalue weighted by Gasteiger charge is -2.36. The molecule has 1 aliphatic rings. The maximum Gasteiger partial charge on any atom is 0.339 e. The molecule has 1 aliphatic heterocycles. The van der Waals surface area contributed by atoms with Crippen molar-refractivity contribution >= 4 is 17.7 Å². The zero-order valence-corrected chi connectivity index (χ0v) is 15.8. The first-order chi connectivity index (χ1) is 13.1. The topological polar surface area (TPSA) is 61.9 Å². The Hall–Kier alpha value is -3.02. The van der Waals surface area contributed by atoms with E-state index in [-0.39, 0.29) is 12.0 Å². The lowest BCUT2D eigenvalue weighted by Crippen LogP contribution is -2.52. The molecule has 1 heterocycles. The molecule has 0 aromatic heterocycles. The van der Waals surface area contributed by atoms with E-state index < -0.39 is 0 Å². The van der Waals surface area contributed by atoms with E-state index in [1.165, 1.54) is 12.7 Å². The highest BCUT2D eigenvalue weighted by atomic mass is 16.5. The Labute approximate surface area is 159 Å². The average Bonchev–Trinajstić information content (AvgIpc) is 2.72. The molecule has 0 saturated carbocycles. The largest absolute Gasteiger partial charge is 0.465 e. The number of hydrogen-bond donors (Lipinski definition) is 1. The van der Waals surface area contributed by atoms with Crippen LogP contribution in [0.5, 0.6) is 0 Å². The number of esters is 1. The van der Waals surface area contributed by atoms with E-state index in [9.17, 15) is 9.59 Å². The maximum atomic E-state index is 12.4. The van der Waals surface area contributed by atoms with Crippen LogP contribution in [0, 0.1) is 6.92 Å². The summed E-state index contributed by atoms with van der Waals surface area (Å²) in [7, 11) is 1.38. The van der Waals surface area contributed by atoms with Crippen LogP contribution in [0.25, 0.3) is 0 Å². The lowest BCUT2D eigenvalue weighted by atomic mass is 10.1. The van der Waals surface area contributed by atoms with Gasteiger partial charge < -0.3 is 19.9 Å². The van der Waals surface area contributed by atoms with Crippen molar-refractivity contribution in [2.75, 3.05) is 38.2 Å². The van der Waals surface area contributed by atoms with Crippen molar-refractivity contribution in [3.05, 3.63) is 65.2 Å². The molecule has 1 N–H and O–H groups in total. The van der Waals surface area contributed by atoms with E-state index in [0.717, 1.165) is 11.3 Å². The highest BCUT2D eigenvalue weighted by Gasteiger charge is 2.24. The second-order valence-electron chi connectivity index (χ2n) is 6.63. The van der Waals surface area contributed by atoms with Gasteiger partial charge in [-0.25, -0.2) is 9.59 Å². The molecule has 6 nitrogen and oxygen atoms in total.